The lowest BCUT2D eigenvalue weighted by atomic mass is 10.1. The molecule has 27 heavy (non-hydrogen) atoms. The highest BCUT2D eigenvalue weighted by atomic mass is 32.2. The predicted octanol–water partition coefficient (Wildman–Crippen LogP) is 1.85. The first-order valence-corrected chi connectivity index (χ1v) is 10.0. The molecule has 0 saturated heterocycles. The normalized spacial score (nSPS) is 11.9. The number of carbonyl (C=O) groups excluding carboxylic acids is 1. The number of sulfonamides is 1. The minimum Gasteiger partial charge on any atom is -0.368 e. The molecule has 8 nitrogen and oxygen atoms in total. The number of nitrogen functional groups attached to an aromatic ring is 1. The van der Waals surface area contributed by atoms with Crippen molar-refractivity contribution in [1.82, 2.24) is 14.7 Å². The molecular formula is C18H27N5O3S. The van der Waals surface area contributed by atoms with Gasteiger partial charge in [0, 0.05) is 17.7 Å². The SMILES string of the molecule is CCC(C)CC(=O)NS(=O)(=O)c1cccc(-c2cc(C)nc(N)n2)c1.CN. The molecule has 1 aromatic carbocycles. The lowest BCUT2D eigenvalue weighted by molar-refractivity contribution is -0.120. The molecule has 9 heteroatoms. The van der Waals surface area contributed by atoms with Crippen LogP contribution in [-0.2, 0) is 14.8 Å². The Kier molecular flexibility index (Phi) is 8.32. The molecule has 0 aliphatic carbocycles. The van der Waals surface area contributed by atoms with Gasteiger partial charge in [0.1, 0.15) is 0 Å². The van der Waals surface area contributed by atoms with E-state index in [1.54, 1.807) is 25.1 Å². The molecule has 0 radical (unpaired) electrons. The standard InChI is InChI=1S/C17H22N4O3S.CH5N/c1-4-11(2)8-16(22)21-25(23,24)14-7-5-6-13(10-14)15-9-12(3)19-17(18)20-15;1-2/h5-7,9-11H,4,8H2,1-3H3,(H,21,22)(H2,18,19,20);2H2,1H3. The fraction of sp³-hybridized carbons (Fsp3) is 0.389. The number of nitrogens with two attached hydrogens (primary N) is 2. The Hall–Kier alpha value is -2.52. The Labute approximate surface area is 160 Å². The van der Waals surface area contributed by atoms with Gasteiger partial charge in [-0.15, -0.1) is 0 Å². The summed E-state index contributed by atoms with van der Waals surface area (Å²) in [7, 11) is -2.44. The smallest absolute Gasteiger partial charge is 0.264 e. The molecule has 2 rings (SSSR count). The van der Waals surface area contributed by atoms with Crippen molar-refractivity contribution in [2.24, 2.45) is 11.7 Å². The van der Waals surface area contributed by atoms with E-state index in [2.05, 4.69) is 20.4 Å². The Bertz CT molecular complexity index is 864. The van der Waals surface area contributed by atoms with E-state index in [4.69, 9.17) is 5.73 Å². The van der Waals surface area contributed by atoms with Crippen LogP contribution in [-0.4, -0.2) is 31.3 Å². The Balaban J connectivity index is 0.00000176. The van der Waals surface area contributed by atoms with Crippen molar-refractivity contribution >= 4 is 21.9 Å². The first-order chi connectivity index (χ1) is 12.7. The number of nitrogens with one attached hydrogen (secondary N) is 1. The largest absolute Gasteiger partial charge is 0.368 e. The van der Waals surface area contributed by atoms with Crippen molar-refractivity contribution in [3.05, 3.63) is 36.0 Å². The Morgan fingerprint density at radius 1 is 1.22 bits per heavy atom. The maximum absolute atomic E-state index is 12.4. The molecule has 1 amide bonds. The first kappa shape index (κ1) is 22.5. The zero-order valence-electron chi connectivity index (χ0n) is 16.1. The molecule has 148 valence electrons. The highest BCUT2D eigenvalue weighted by Gasteiger charge is 2.19. The summed E-state index contributed by atoms with van der Waals surface area (Å²) in [5.74, 6) is -0.277. The third-order valence-corrected chi connectivity index (χ3v) is 5.16. The van der Waals surface area contributed by atoms with Gasteiger partial charge >= 0.3 is 0 Å². The quantitative estimate of drug-likeness (QED) is 0.680. The maximum Gasteiger partial charge on any atom is 0.264 e. The van der Waals surface area contributed by atoms with Gasteiger partial charge in [0.25, 0.3) is 10.0 Å². The topological polar surface area (TPSA) is 141 Å². The van der Waals surface area contributed by atoms with E-state index in [1.807, 2.05) is 13.8 Å². The average Bonchev–Trinajstić information content (AvgIpc) is 2.62. The molecule has 0 fully saturated rings. The summed E-state index contributed by atoms with van der Waals surface area (Å²) >= 11 is 0. The van der Waals surface area contributed by atoms with Gasteiger partial charge in [-0.2, -0.15) is 0 Å². The van der Waals surface area contributed by atoms with Gasteiger partial charge in [0.2, 0.25) is 11.9 Å². The maximum atomic E-state index is 12.4. The summed E-state index contributed by atoms with van der Waals surface area (Å²) in [6.07, 6.45) is 0.967. The van der Waals surface area contributed by atoms with Crippen LogP contribution < -0.4 is 16.2 Å². The van der Waals surface area contributed by atoms with Crippen LogP contribution in [0.5, 0.6) is 0 Å². The van der Waals surface area contributed by atoms with Crippen LogP contribution in [0.25, 0.3) is 11.3 Å². The second kappa shape index (κ2) is 9.98. The molecule has 0 aliphatic rings. The van der Waals surface area contributed by atoms with E-state index < -0.39 is 15.9 Å². The van der Waals surface area contributed by atoms with Crippen LogP contribution in [0.4, 0.5) is 5.95 Å². The van der Waals surface area contributed by atoms with Crippen LogP contribution in [0.15, 0.2) is 35.2 Å². The van der Waals surface area contributed by atoms with Gasteiger partial charge < -0.3 is 11.5 Å². The highest BCUT2D eigenvalue weighted by molar-refractivity contribution is 7.90. The number of hydrogen-bond acceptors (Lipinski definition) is 7. The third kappa shape index (κ3) is 6.61. The molecule has 1 atom stereocenters. The molecule has 0 aliphatic heterocycles. The summed E-state index contributed by atoms with van der Waals surface area (Å²) in [4.78, 5) is 20.0. The number of rotatable bonds is 6. The van der Waals surface area contributed by atoms with Gasteiger partial charge in [-0.3, -0.25) is 4.79 Å². The zero-order valence-corrected chi connectivity index (χ0v) is 16.9. The van der Waals surface area contributed by atoms with Crippen molar-refractivity contribution < 1.29 is 13.2 Å². The van der Waals surface area contributed by atoms with Gasteiger partial charge in [0.15, 0.2) is 0 Å². The van der Waals surface area contributed by atoms with E-state index in [0.717, 1.165) is 6.42 Å². The molecule has 0 spiro atoms. The van der Waals surface area contributed by atoms with E-state index in [9.17, 15) is 13.2 Å². The monoisotopic (exact) mass is 393 g/mol. The lowest BCUT2D eigenvalue weighted by Gasteiger charge is -2.11. The second-order valence-electron chi connectivity index (χ2n) is 6.03. The second-order valence-corrected chi connectivity index (χ2v) is 7.71. The summed E-state index contributed by atoms with van der Waals surface area (Å²) in [6, 6.07) is 7.92. The van der Waals surface area contributed by atoms with Gasteiger partial charge in [-0.25, -0.2) is 23.1 Å². The fourth-order valence-electron chi connectivity index (χ4n) is 2.27. The molecule has 5 N–H and O–H groups in total. The summed E-state index contributed by atoms with van der Waals surface area (Å²) in [5.41, 5.74) is 11.9. The highest BCUT2D eigenvalue weighted by Crippen LogP contribution is 2.22. The number of carbonyl (C=O) groups is 1. The molecule has 2 aromatic rings. The van der Waals surface area contributed by atoms with Gasteiger partial charge in [-0.1, -0.05) is 32.4 Å². The molecule has 1 unspecified atom stereocenters. The van der Waals surface area contributed by atoms with E-state index in [0.29, 0.717) is 17.0 Å². The number of nitrogens with zero attached hydrogens (tertiary/aromatic N) is 2. The Morgan fingerprint density at radius 3 is 2.48 bits per heavy atom. The number of hydrogen-bond donors (Lipinski definition) is 3. The van der Waals surface area contributed by atoms with Crippen LogP contribution in [0, 0.1) is 12.8 Å². The number of aryl methyl sites for hydroxylation is 1. The number of aromatic nitrogens is 2. The van der Waals surface area contributed by atoms with Gasteiger partial charge in [-0.05, 0) is 38.1 Å². The number of benzene rings is 1. The van der Waals surface area contributed by atoms with Gasteiger partial charge in [0.05, 0.1) is 10.6 Å². The molecule has 1 heterocycles. The van der Waals surface area contributed by atoms with Crippen LogP contribution in [0.3, 0.4) is 0 Å². The van der Waals surface area contributed by atoms with E-state index >= 15 is 0 Å². The molecule has 0 bridgehead atoms. The van der Waals surface area contributed by atoms with Crippen molar-refractivity contribution in [2.75, 3.05) is 12.8 Å². The minimum absolute atomic E-state index is 0.00246. The number of anilines is 1. The van der Waals surface area contributed by atoms with Crippen molar-refractivity contribution in [3.8, 4) is 11.3 Å². The average molecular weight is 394 g/mol. The molecular weight excluding hydrogens is 366 g/mol. The van der Waals surface area contributed by atoms with Crippen LogP contribution in [0.1, 0.15) is 32.4 Å². The van der Waals surface area contributed by atoms with E-state index in [1.165, 1.54) is 19.2 Å². The summed E-state index contributed by atoms with van der Waals surface area (Å²) in [6.45, 7) is 5.62. The van der Waals surface area contributed by atoms with Crippen molar-refractivity contribution in [3.63, 3.8) is 0 Å². The van der Waals surface area contributed by atoms with E-state index in [-0.39, 0.29) is 23.2 Å². The fourth-order valence-corrected chi connectivity index (χ4v) is 3.31. The van der Waals surface area contributed by atoms with Crippen molar-refractivity contribution in [1.29, 1.82) is 0 Å². The molecule has 1 aromatic heterocycles. The Morgan fingerprint density at radius 2 is 1.89 bits per heavy atom. The summed E-state index contributed by atoms with van der Waals surface area (Å²) < 4.78 is 27.0. The van der Waals surface area contributed by atoms with Crippen LogP contribution >= 0.6 is 0 Å². The number of amides is 1. The lowest BCUT2D eigenvalue weighted by Crippen LogP contribution is -2.31. The zero-order chi connectivity index (χ0) is 20.6. The minimum atomic E-state index is -3.94. The third-order valence-electron chi connectivity index (χ3n) is 3.79. The predicted molar refractivity (Wildman–Crippen MR) is 106 cm³/mol. The summed E-state index contributed by atoms with van der Waals surface area (Å²) in [5, 5.41) is 0. The molecule has 0 saturated carbocycles. The van der Waals surface area contributed by atoms with Crippen LogP contribution in [0.2, 0.25) is 0 Å². The first-order valence-electron chi connectivity index (χ1n) is 8.56. The van der Waals surface area contributed by atoms with Crippen molar-refractivity contribution in [2.45, 2.75) is 38.5 Å².